The number of hydrogen-bond donors (Lipinski definition) is 3. The molecular weight excluding hydrogens is 218 g/mol. The van der Waals surface area contributed by atoms with Crippen LogP contribution in [0.4, 0.5) is 5.82 Å². The third-order valence-electron chi connectivity index (χ3n) is 3.59. The van der Waals surface area contributed by atoms with Crippen LogP contribution in [0.3, 0.4) is 0 Å². The summed E-state index contributed by atoms with van der Waals surface area (Å²) in [6.07, 6.45) is 2.64. The Hall–Kier alpha value is -1.40. The van der Waals surface area contributed by atoms with Gasteiger partial charge in [0.2, 0.25) is 5.91 Å². The van der Waals surface area contributed by atoms with Gasteiger partial charge in [-0.05, 0) is 18.9 Å². The second-order valence-corrected chi connectivity index (χ2v) is 4.80. The van der Waals surface area contributed by atoms with Crippen LogP contribution < -0.4 is 16.4 Å². The van der Waals surface area contributed by atoms with Gasteiger partial charge >= 0.3 is 0 Å². The number of rotatable bonds is 4. The lowest BCUT2D eigenvalue weighted by Gasteiger charge is -2.28. The van der Waals surface area contributed by atoms with Crippen molar-refractivity contribution in [3.8, 4) is 0 Å². The van der Waals surface area contributed by atoms with Gasteiger partial charge in [0.15, 0.2) is 0 Å². The predicted molar refractivity (Wildman–Crippen MR) is 63.4 cm³/mol. The molecule has 6 nitrogen and oxygen atoms in total. The first-order valence-corrected chi connectivity index (χ1v) is 6.04. The van der Waals surface area contributed by atoms with Crippen LogP contribution in [0.25, 0.3) is 0 Å². The molecule has 1 aliphatic heterocycles. The van der Waals surface area contributed by atoms with Crippen molar-refractivity contribution in [3.05, 3.63) is 12.3 Å². The Kier molecular flexibility index (Phi) is 2.60. The van der Waals surface area contributed by atoms with Crippen molar-refractivity contribution in [2.45, 2.75) is 12.5 Å². The highest BCUT2D eigenvalue weighted by Gasteiger charge is 2.42. The molecule has 6 heteroatoms. The Balaban J connectivity index is 1.64. The van der Waals surface area contributed by atoms with E-state index in [1.165, 1.54) is 0 Å². The Morgan fingerprint density at radius 3 is 3.06 bits per heavy atom. The number of carbonyl (C=O) groups is 1. The van der Waals surface area contributed by atoms with Gasteiger partial charge in [0.05, 0.1) is 12.2 Å². The van der Waals surface area contributed by atoms with Crippen molar-refractivity contribution in [1.82, 2.24) is 15.1 Å². The van der Waals surface area contributed by atoms with Gasteiger partial charge in [0.25, 0.3) is 0 Å². The van der Waals surface area contributed by atoms with Crippen LogP contribution in [0.1, 0.15) is 12.5 Å². The SMILES string of the molecule is NC[C@H]1C[C@H]1C(=O)Nc1ccnn1C1CNC1. The first-order chi connectivity index (χ1) is 8.29. The minimum Gasteiger partial charge on any atom is -0.330 e. The van der Waals surface area contributed by atoms with Crippen molar-refractivity contribution in [1.29, 1.82) is 0 Å². The fourth-order valence-corrected chi connectivity index (χ4v) is 2.20. The number of amides is 1. The average Bonchev–Trinajstić information content (AvgIpc) is 2.93. The van der Waals surface area contributed by atoms with Gasteiger partial charge in [0, 0.05) is 25.1 Å². The van der Waals surface area contributed by atoms with Crippen LogP contribution in [-0.2, 0) is 4.79 Å². The molecule has 17 heavy (non-hydrogen) atoms. The van der Waals surface area contributed by atoms with Gasteiger partial charge in [0.1, 0.15) is 5.82 Å². The topological polar surface area (TPSA) is 85.0 Å². The number of anilines is 1. The number of nitrogens with zero attached hydrogens (tertiary/aromatic N) is 2. The number of carbonyl (C=O) groups excluding carboxylic acids is 1. The largest absolute Gasteiger partial charge is 0.330 e. The molecule has 0 radical (unpaired) electrons. The summed E-state index contributed by atoms with van der Waals surface area (Å²) in [6.45, 7) is 2.43. The first kappa shape index (κ1) is 10.7. The molecule has 2 atom stereocenters. The average molecular weight is 235 g/mol. The third kappa shape index (κ3) is 1.94. The first-order valence-electron chi connectivity index (χ1n) is 6.04. The monoisotopic (exact) mass is 235 g/mol. The minimum absolute atomic E-state index is 0.0782. The van der Waals surface area contributed by atoms with Crippen LogP contribution in [0.5, 0.6) is 0 Å². The molecule has 3 rings (SSSR count). The molecule has 2 aliphatic rings. The summed E-state index contributed by atoms with van der Waals surface area (Å²) in [6, 6.07) is 2.21. The maximum atomic E-state index is 11.9. The summed E-state index contributed by atoms with van der Waals surface area (Å²) in [4.78, 5) is 11.9. The van der Waals surface area contributed by atoms with E-state index in [9.17, 15) is 4.79 Å². The Morgan fingerprint density at radius 1 is 1.65 bits per heavy atom. The molecule has 1 saturated carbocycles. The number of nitrogens with two attached hydrogens (primary N) is 1. The van der Waals surface area contributed by atoms with Crippen LogP contribution in [0, 0.1) is 11.8 Å². The lowest BCUT2D eigenvalue weighted by molar-refractivity contribution is -0.117. The van der Waals surface area contributed by atoms with Gasteiger partial charge in [-0.2, -0.15) is 5.10 Å². The molecule has 0 aromatic carbocycles. The van der Waals surface area contributed by atoms with E-state index in [1.54, 1.807) is 6.20 Å². The molecule has 1 aliphatic carbocycles. The highest BCUT2D eigenvalue weighted by molar-refractivity contribution is 5.93. The highest BCUT2D eigenvalue weighted by atomic mass is 16.2. The zero-order valence-corrected chi connectivity index (χ0v) is 9.60. The van der Waals surface area contributed by atoms with Crippen LogP contribution in [0.2, 0.25) is 0 Å². The van der Waals surface area contributed by atoms with E-state index in [4.69, 9.17) is 5.73 Å². The van der Waals surface area contributed by atoms with Crippen LogP contribution in [0.15, 0.2) is 12.3 Å². The van der Waals surface area contributed by atoms with Crippen molar-refractivity contribution in [3.63, 3.8) is 0 Å². The quantitative estimate of drug-likeness (QED) is 0.660. The van der Waals surface area contributed by atoms with Gasteiger partial charge in [-0.25, -0.2) is 4.68 Å². The summed E-state index contributed by atoms with van der Waals surface area (Å²) in [5.74, 6) is 1.35. The molecule has 0 unspecified atom stereocenters. The van der Waals surface area contributed by atoms with Crippen molar-refractivity contribution in [2.24, 2.45) is 17.6 Å². The zero-order chi connectivity index (χ0) is 11.8. The van der Waals surface area contributed by atoms with E-state index in [1.807, 2.05) is 10.7 Å². The summed E-state index contributed by atoms with van der Waals surface area (Å²) in [5.41, 5.74) is 5.54. The van der Waals surface area contributed by atoms with Crippen molar-refractivity contribution in [2.75, 3.05) is 25.0 Å². The molecule has 1 amide bonds. The van der Waals surface area contributed by atoms with Gasteiger partial charge in [-0.1, -0.05) is 0 Å². The summed E-state index contributed by atoms with van der Waals surface area (Å²) < 4.78 is 1.88. The molecule has 1 saturated heterocycles. The number of aromatic nitrogens is 2. The molecule has 1 aromatic rings. The zero-order valence-electron chi connectivity index (χ0n) is 9.60. The standard InChI is InChI=1S/C11H17N5O/c12-4-7-3-9(7)11(17)15-10-1-2-14-16(10)8-5-13-6-8/h1-2,7-9,13H,3-6,12H2,(H,15,17)/t7-,9-/m1/s1. The summed E-state index contributed by atoms with van der Waals surface area (Å²) in [7, 11) is 0. The lowest BCUT2D eigenvalue weighted by Crippen LogP contribution is -2.44. The van der Waals surface area contributed by atoms with E-state index in [2.05, 4.69) is 15.7 Å². The normalized spacial score (nSPS) is 27.6. The van der Waals surface area contributed by atoms with Crippen molar-refractivity contribution >= 4 is 11.7 Å². The Labute approximate surface area is 99.5 Å². The van der Waals surface area contributed by atoms with Crippen molar-refractivity contribution < 1.29 is 4.79 Å². The molecule has 4 N–H and O–H groups in total. The molecule has 2 heterocycles. The Morgan fingerprint density at radius 2 is 2.47 bits per heavy atom. The van der Waals surface area contributed by atoms with E-state index in [0.29, 0.717) is 18.5 Å². The highest BCUT2D eigenvalue weighted by Crippen LogP contribution is 2.38. The fourth-order valence-electron chi connectivity index (χ4n) is 2.20. The van der Waals surface area contributed by atoms with Gasteiger partial charge < -0.3 is 16.4 Å². The second-order valence-electron chi connectivity index (χ2n) is 4.80. The van der Waals surface area contributed by atoms with E-state index < -0.39 is 0 Å². The molecule has 2 fully saturated rings. The third-order valence-corrected chi connectivity index (χ3v) is 3.59. The fraction of sp³-hybridized carbons (Fsp3) is 0.636. The molecule has 0 bridgehead atoms. The van der Waals surface area contributed by atoms with E-state index in [0.717, 1.165) is 25.3 Å². The van der Waals surface area contributed by atoms with Gasteiger partial charge in [-0.3, -0.25) is 4.79 Å². The molecule has 1 aromatic heterocycles. The van der Waals surface area contributed by atoms with E-state index >= 15 is 0 Å². The molecular formula is C11H17N5O. The molecule has 92 valence electrons. The number of nitrogens with one attached hydrogen (secondary N) is 2. The van der Waals surface area contributed by atoms with Gasteiger partial charge in [-0.15, -0.1) is 0 Å². The van der Waals surface area contributed by atoms with E-state index in [-0.39, 0.29) is 11.8 Å². The summed E-state index contributed by atoms with van der Waals surface area (Å²) in [5, 5.41) is 10.4. The Bertz CT molecular complexity index is 425. The maximum absolute atomic E-state index is 11.9. The van der Waals surface area contributed by atoms with Crippen LogP contribution >= 0.6 is 0 Å². The number of hydrogen-bond acceptors (Lipinski definition) is 4. The molecule has 0 spiro atoms. The minimum atomic E-state index is 0.0782. The van der Waals surface area contributed by atoms with Crippen LogP contribution in [-0.4, -0.2) is 35.3 Å². The lowest BCUT2D eigenvalue weighted by atomic mass is 10.2. The maximum Gasteiger partial charge on any atom is 0.228 e. The summed E-state index contributed by atoms with van der Waals surface area (Å²) >= 11 is 0. The predicted octanol–water partition coefficient (Wildman–Crippen LogP) is -0.439. The second kappa shape index (κ2) is 4.12. The smallest absolute Gasteiger partial charge is 0.228 e.